The van der Waals surface area contributed by atoms with Crippen molar-refractivity contribution in [2.45, 2.75) is 27.2 Å². The Hall–Kier alpha value is -3.22. The topological polar surface area (TPSA) is 79.9 Å². The van der Waals surface area contributed by atoms with Crippen LogP contribution < -0.4 is 25.0 Å². The molecule has 0 saturated carbocycles. The maximum atomic E-state index is 12.5. The van der Waals surface area contributed by atoms with Crippen LogP contribution in [0, 0.1) is 5.92 Å². The van der Waals surface area contributed by atoms with Crippen molar-refractivity contribution in [3.05, 3.63) is 48.0 Å². The van der Waals surface area contributed by atoms with Gasteiger partial charge in [0, 0.05) is 30.0 Å². The fourth-order valence-corrected chi connectivity index (χ4v) is 3.59. The summed E-state index contributed by atoms with van der Waals surface area (Å²) >= 11 is 0. The fourth-order valence-electron chi connectivity index (χ4n) is 3.59. The van der Waals surface area contributed by atoms with Gasteiger partial charge in [0.25, 0.3) is 5.91 Å². The van der Waals surface area contributed by atoms with E-state index in [0.29, 0.717) is 41.9 Å². The normalized spacial score (nSPS) is 15.5. The quantitative estimate of drug-likeness (QED) is 0.640. The first-order valence-corrected chi connectivity index (χ1v) is 10.8. The number of nitrogens with zero attached hydrogens (tertiary/aromatic N) is 1. The van der Waals surface area contributed by atoms with Crippen molar-refractivity contribution < 1.29 is 19.1 Å². The molecule has 2 aromatic carbocycles. The van der Waals surface area contributed by atoms with E-state index < -0.39 is 0 Å². The van der Waals surface area contributed by atoms with Crippen LogP contribution in [0.15, 0.2) is 42.5 Å². The molecule has 0 aliphatic carbocycles. The Morgan fingerprint density at radius 2 is 1.74 bits per heavy atom. The van der Waals surface area contributed by atoms with Gasteiger partial charge in [0.1, 0.15) is 0 Å². The van der Waals surface area contributed by atoms with Gasteiger partial charge < -0.3 is 25.0 Å². The SMILES string of the molecule is CCOc1ccc(C(=O)NCC(=O)Nc2ccc(N3CCC(C)C3)cc2)cc1OCC. The average Bonchev–Trinajstić information content (AvgIpc) is 3.20. The van der Waals surface area contributed by atoms with Gasteiger partial charge in [0.2, 0.25) is 5.91 Å². The van der Waals surface area contributed by atoms with Crippen LogP contribution in [0.1, 0.15) is 37.6 Å². The van der Waals surface area contributed by atoms with E-state index in [9.17, 15) is 9.59 Å². The lowest BCUT2D eigenvalue weighted by atomic mass is 10.2. The monoisotopic (exact) mass is 425 g/mol. The Morgan fingerprint density at radius 3 is 2.39 bits per heavy atom. The molecule has 166 valence electrons. The third-order valence-electron chi connectivity index (χ3n) is 5.16. The molecule has 1 saturated heterocycles. The van der Waals surface area contributed by atoms with Crippen molar-refractivity contribution in [2.75, 3.05) is 43.1 Å². The molecule has 1 unspecified atom stereocenters. The number of hydrogen-bond donors (Lipinski definition) is 2. The van der Waals surface area contributed by atoms with E-state index in [-0.39, 0.29) is 18.4 Å². The zero-order chi connectivity index (χ0) is 22.2. The van der Waals surface area contributed by atoms with Crippen LogP contribution in [0.25, 0.3) is 0 Å². The van der Waals surface area contributed by atoms with E-state index in [1.807, 2.05) is 38.1 Å². The molecule has 31 heavy (non-hydrogen) atoms. The van der Waals surface area contributed by atoms with Crippen molar-refractivity contribution in [2.24, 2.45) is 5.92 Å². The lowest BCUT2D eigenvalue weighted by Crippen LogP contribution is -2.32. The number of ether oxygens (including phenoxy) is 2. The highest BCUT2D eigenvalue weighted by molar-refractivity contribution is 5.99. The van der Waals surface area contributed by atoms with Gasteiger partial charge in [-0.3, -0.25) is 9.59 Å². The summed E-state index contributed by atoms with van der Waals surface area (Å²) in [5.41, 5.74) is 2.27. The molecule has 0 spiro atoms. The van der Waals surface area contributed by atoms with Gasteiger partial charge in [0.05, 0.1) is 19.8 Å². The van der Waals surface area contributed by atoms with Crippen LogP contribution in [0.3, 0.4) is 0 Å². The van der Waals surface area contributed by atoms with Crippen molar-refractivity contribution >= 4 is 23.2 Å². The van der Waals surface area contributed by atoms with Gasteiger partial charge in [-0.2, -0.15) is 0 Å². The van der Waals surface area contributed by atoms with Gasteiger partial charge in [-0.25, -0.2) is 0 Å². The zero-order valence-electron chi connectivity index (χ0n) is 18.4. The highest BCUT2D eigenvalue weighted by Crippen LogP contribution is 2.28. The first-order chi connectivity index (χ1) is 15.0. The minimum Gasteiger partial charge on any atom is -0.490 e. The first-order valence-electron chi connectivity index (χ1n) is 10.8. The van der Waals surface area contributed by atoms with Crippen LogP contribution in [-0.2, 0) is 4.79 Å². The Kier molecular flexibility index (Phi) is 7.76. The third-order valence-corrected chi connectivity index (χ3v) is 5.16. The molecular weight excluding hydrogens is 394 g/mol. The van der Waals surface area contributed by atoms with Gasteiger partial charge in [-0.05, 0) is 68.7 Å². The van der Waals surface area contributed by atoms with Crippen molar-refractivity contribution in [1.82, 2.24) is 5.32 Å². The summed E-state index contributed by atoms with van der Waals surface area (Å²) in [5.74, 6) is 1.17. The molecular formula is C24H31N3O4. The standard InChI is InChI=1S/C24H31N3O4/c1-4-30-21-11-6-18(14-22(21)31-5-2)24(29)25-15-23(28)26-19-7-9-20(10-8-19)27-13-12-17(3)16-27/h6-11,14,17H,4-5,12-13,15-16H2,1-3H3,(H,25,29)(H,26,28). The number of carbonyl (C=O) groups is 2. The van der Waals surface area contributed by atoms with Crippen LogP contribution in [0.2, 0.25) is 0 Å². The van der Waals surface area contributed by atoms with Gasteiger partial charge in [-0.15, -0.1) is 0 Å². The van der Waals surface area contributed by atoms with Crippen molar-refractivity contribution in [3.63, 3.8) is 0 Å². The lowest BCUT2D eigenvalue weighted by Gasteiger charge is -2.18. The zero-order valence-corrected chi connectivity index (χ0v) is 18.4. The molecule has 1 aliphatic rings. The van der Waals surface area contributed by atoms with E-state index >= 15 is 0 Å². The van der Waals surface area contributed by atoms with Gasteiger partial charge in [-0.1, -0.05) is 6.92 Å². The predicted octanol–water partition coefficient (Wildman–Crippen LogP) is 3.70. The molecule has 7 nitrogen and oxygen atoms in total. The molecule has 3 rings (SSSR count). The molecule has 1 aliphatic heterocycles. The molecule has 2 aromatic rings. The molecule has 1 heterocycles. The number of carbonyl (C=O) groups excluding carboxylic acids is 2. The molecule has 7 heteroatoms. The Morgan fingerprint density at radius 1 is 1.03 bits per heavy atom. The second-order valence-electron chi connectivity index (χ2n) is 7.65. The van der Waals surface area contributed by atoms with Gasteiger partial charge >= 0.3 is 0 Å². The average molecular weight is 426 g/mol. The van der Waals surface area contributed by atoms with Crippen molar-refractivity contribution in [3.8, 4) is 11.5 Å². The second-order valence-corrected chi connectivity index (χ2v) is 7.65. The second kappa shape index (κ2) is 10.7. The number of amides is 2. The molecule has 1 fully saturated rings. The number of hydrogen-bond acceptors (Lipinski definition) is 5. The van der Waals surface area contributed by atoms with Crippen molar-refractivity contribution in [1.29, 1.82) is 0 Å². The molecule has 2 amide bonds. The number of anilines is 2. The number of rotatable bonds is 9. The van der Waals surface area contributed by atoms with Crippen LogP contribution in [0.5, 0.6) is 11.5 Å². The van der Waals surface area contributed by atoms with E-state index in [1.165, 1.54) is 6.42 Å². The highest BCUT2D eigenvalue weighted by atomic mass is 16.5. The van der Waals surface area contributed by atoms with Crippen LogP contribution in [-0.4, -0.2) is 44.7 Å². The third kappa shape index (κ3) is 6.13. The van der Waals surface area contributed by atoms with E-state index in [4.69, 9.17) is 9.47 Å². The maximum absolute atomic E-state index is 12.5. The Labute approximate surface area is 183 Å². The fraction of sp³-hybridized carbons (Fsp3) is 0.417. The molecule has 0 radical (unpaired) electrons. The summed E-state index contributed by atoms with van der Waals surface area (Å²) in [5, 5.41) is 5.46. The molecule has 2 N–H and O–H groups in total. The number of benzene rings is 2. The smallest absolute Gasteiger partial charge is 0.251 e. The Bertz CT molecular complexity index is 898. The lowest BCUT2D eigenvalue weighted by molar-refractivity contribution is -0.115. The largest absolute Gasteiger partial charge is 0.490 e. The van der Waals surface area contributed by atoms with Gasteiger partial charge in [0.15, 0.2) is 11.5 Å². The molecule has 1 atom stereocenters. The van der Waals surface area contributed by atoms with E-state index in [2.05, 4.69) is 22.5 Å². The summed E-state index contributed by atoms with van der Waals surface area (Å²) in [6.45, 7) is 8.98. The number of nitrogens with one attached hydrogen (secondary N) is 2. The maximum Gasteiger partial charge on any atom is 0.251 e. The summed E-state index contributed by atoms with van der Waals surface area (Å²) in [6.07, 6.45) is 1.21. The minimum absolute atomic E-state index is 0.124. The van der Waals surface area contributed by atoms with E-state index in [0.717, 1.165) is 18.8 Å². The summed E-state index contributed by atoms with van der Waals surface area (Å²) in [4.78, 5) is 27.1. The predicted molar refractivity (Wildman–Crippen MR) is 122 cm³/mol. The minimum atomic E-state index is -0.349. The van der Waals surface area contributed by atoms with Crippen LogP contribution in [0.4, 0.5) is 11.4 Å². The molecule has 0 bridgehead atoms. The Balaban J connectivity index is 1.52. The first kappa shape index (κ1) is 22.5. The van der Waals surface area contributed by atoms with Crippen LogP contribution >= 0.6 is 0 Å². The van der Waals surface area contributed by atoms with E-state index in [1.54, 1.807) is 18.2 Å². The summed E-state index contributed by atoms with van der Waals surface area (Å²) < 4.78 is 11.1. The molecule has 0 aromatic heterocycles. The highest BCUT2D eigenvalue weighted by Gasteiger charge is 2.18. The summed E-state index contributed by atoms with van der Waals surface area (Å²) in [7, 11) is 0. The summed E-state index contributed by atoms with van der Waals surface area (Å²) in [6, 6.07) is 12.8.